The molecular formula is C14H17N3O3. The molecule has 20 heavy (non-hydrogen) atoms. The van der Waals surface area contributed by atoms with Gasteiger partial charge in [-0.15, -0.1) is 0 Å². The van der Waals surface area contributed by atoms with Gasteiger partial charge in [0.1, 0.15) is 11.6 Å². The van der Waals surface area contributed by atoms with Gasteiger partial charge in [0.05, 0.1) is 5.69 Å². The Morgan fingerprint density at radius 1 is 1.25 bits per heavy atom. The Labute approximate surface area is 115 Å². The molecule has 0 bridgehead atoms. The van der Waals surface area contributed by atoms with E-state index >= 15 is 0 Å². The maximum Gasteiger partial charge on any atom is 0.337 e. The molecule has 1 heterocycles. The van der Waals surface area contributed by atoms with E-state index in [1.807, 2.05) is 6.92 Å². The van der Waals surface area contributed by atoms with Crippen LogP contribution in [0.2, 0.25) is 0 Å². The van der Waals surface area contributed by atoms with Crippen molar-refractivity contribution in [1.82, 2.24) is 9.13 Å². The molecule has 0 saturated heterocycles. The zero-order valence-corrected chi connectivity index (χ0v) is 11.2. The van der Waals surface area contributed by atoms with E-state index in [1.165, 1.54) is 22.8 Å². The van der Waals surface area contributed by atoms with Crippen molar-refractivity contribution >= 4 is 5.82 Å². The molecule has 0 spiro atoms. The summed E-state index contributed by atoms with van der Waals surface area (Å²) < 4.78 is 2.38. The summed E-state index contributed by atoms with van der Waals surface area (Å²) >= 11 is 0. The number of aromatic nitrogens is 2. The smallest absolute Gasteiger partial charge is 0.337 e. The van der Waals surface area contributed by atoms with Gasteiger partial charge in [-0.1, -0.05) is 19.4 Å². The van der Waals surface area contributed by atoms with Crippen LogP contribution in [0.15, 0.2) is 39.9 Å². The van der Waals surface area contributed by atoms with E-state index in [0.29, 0.717) is 12.2 Å². The number of anilines is 1. The second-order valence-electron chi connectivity index (χ2n) is 4.55. The van der Waals surface area contributed by atoms with Crippen LogP contribution >= 0.6 is 0 Å². The van der Waals surface area contributed by atoms with Gasteiger partial charge in [-0.2, -0.15) is 0 Å². The van der Waals surface area contributed by atoms with Crippen molar-refractivity contribution in [3.8, 4) is 11.4 Å². The summed E-state index contributed by atoms with van der Waals surface area (Å²) in [6, 6.07) is 7.22. The summed E-state index contributed by atoms with van der Waals surface area (Å²) in [6.07, 6.45) is 1.71. The Morgan fingerprint density at radius 2 is 2.00 bits per heavy atom. The minimum absolute atomic E-state index is 0.00858. The fourth-order valence-corrected chi connectivity index (χ4v) is 2.01. The van der Waals surface area contributed by atoms with Crippen LogP contribution in [0.1, 0.15) is 19.8 Å². The maximum atomic E-state index is 12.4. The standard InChI is InChI=1S/C14H17N3O3/c1-2-3-7-16-12(15)9-13(19)17(14(16)20)10-5-4-6-11(18)8-10/h4-6,8-9,18H,2-3,7,15H2,1H3. The fourth-order valence-electron chi connectivity index (χ4n) is 2.01. The van der Waals surface area contributed by atoms with Crippen LogP contribution in [-0.4, -0.2) is 14.2 Å². The average molecular weight is 275 g/mol. The van der Waals surface area contributed by atoms with E-state index in [2.05, 4.69) is 0 Å². The molecule has 2 rings (SSSR count). The van der Waals surface area contributed by atoms with Gasteiger partial charge < -0.3 is 10.8 Å². The number of unbranched alkanes of at least 4 members (excludes halogenated alkanes) is 1. The van der Waals surface area contributed by atoms with Crippen molar-refractivity contribution in [1.29, 1.82) is 0 Å². The molecule has 0 unspecified atom stereocenters. The SMILES string of the molecule is CCCCn1c(N)cc(=O)n(-c2cccc(O)c2)c1=O. The lowest BCUT2D eigenvalue weighted by Gasteiger charge is -2.12. The molecule has 0 aliphatic heterocycles. The maximum absolute atomic E-state index is 12.4. The van der Waals surface area contributed by atoms with E-state index in [9.17, 15) is 14.7 Å². The van der Waals surface area contributed by atoms with Crippen molar-refractivity contribution in [3.63, 3.8) is 0 Å². The van der Waals surface area contributed by atoms with Gasteiger partial charge in [0.25, 0.3) is 5.56 Å². The predicted molar refractivity (Wildman–Crippen MR) is 77.3 cm³/mol. The Balaban J connectivity index is 2.65. The van der Waals surface area contributed by atoms with Crippen molar-refractivity contribution < 1.29 is 5.11 Å². The summed E-state index contributed by atoms with van der Waals surface area (Å²) in [5.74, 6) is 0.149. The quantitative estimate of drug-likeness (QED) is 0.873. The van der Waals surface area contributed by atoms with Crippen molar-refractivity contribution in [2.75, 3.05) is 5.73 Å². The molecule has 0 amide bonds. The number of hydrogen-bond donors (Lipinski definition) is 2. The van der Waals surface area contributed by atoms with Crippen LogP contribution < -0.4 is 17.0 Å². The molecular weight excluding hydrogens is 258 g/mol. The molecule has 6 heteroatoms. The molecule has 0 aliphatic rings. The topological polar surface area (TPSA) is 90.2 Å². The lowest BCUT2D eigenvalue weighted by Crippen LogP contribution is -2.39. The first-order valence-corrected chi connectivity index (χ1v) is 6.46. The zero-order valence-electron chi connectivity index (χ0n) is 11.2. The van der Waals surface area contributed by atoms with Gasteiger partial charge in [-0.05, 0) is 18.6 Å². The highest BCUT2D eigenvalue weighted by Crippen LogP contribution is 2.12. The zero-order chi connectivity index (χ0) is 14.7. The molecule has 0 fully saturated rings. The van der Waals surface area contributed by atoms with Crippen molar-refractivity contribution in [3.05, 3.63) is 51.2 Å². The largest absolute Gasteiger partial charge is 0.508 e. The Hall–Kier alpha value is -2.50. The molecule has 0 saturated carbocycles. The molecule has 6 nitrogen and oxygen atoms in total. The van der Waals surface area contributed by atoms with Gasteiger partial charge in [0, 0.05) is 18.7 Å². The van der Waals surface area contributed by atoms with Gasteiger partial charge in [-0.3, -0.25) is 9.36 Å². The number of phenols is 1. The molecule has 3 N–H and O–H groups in total. The fraction of sp³-hybridized carbons (Fsp3) is 0.286. The Morgan fingerprint density at radius 3 is 2.65 bits per heavy atom. The molecule has 0 radical (unpaired) electrons. The second-order valence-corrected chi connectivity index (χ2v) is 4.55. The third-order valence-corrected chi connectivity index (χ3v) is 3.05. The minimum atomic E-state index is -0.508. The summed E-state index contributed by atoms with van der Waals surface area (Å²) in [5.41, 5.74) is 5.06. The van der Waals surface area contributed by atoms with E-state index in [0.717, 1.165) is 17.4 Å². The molecule has 0 atom stereocenters. The van der Waals surface area contributed by atoms with Gasteiger partial charge >= 0.3 is 5.69 Å². The van der Waals surface area contributed by atoms with E-state index in [4.69, 9.17) is 5.73 Å². The summed E-state index contributed by atoms with van der Waals surface area (Å²) in [5, 5.41) is 9.47. The Bertz CT molecular complexity index is 731. The highest BCUT2D eigenvalue weighted by Gasteiger charge is 2.11. The number of hydrogen-bond acceptors (Lipinski definition) is 4. The van der Waals surface area contributed by atoms with Crippen LogP contribution in [0.25, 0.3) is 5.69 Å². The molecule has 1 aromatic heterocycles. The van der Waals surface area contributed by atoms with Gasteiger partial charge in [0.2, 0.25) is 0 Å². The normalized spacial score (nSPS) is 10.7. The average Bonchev–Trinajstić information content (AvgIpc) is 2.38. The molecule has 1 aromatic carbocycles. The summed E-state index contributed by atoms with van der Waals surface area (Å²) in [4.78, 5) is 24.4. The molecule has 106 valence electrons. The summed E-state index contributed by atoms with van der Waals surface area (Å²) in [6.45, 7) is 2.47. The van der Waals surface area contributed by atoms with Crippen LogP contribution in [-0.2, 0) is 6.54 Å². The van der Waals surface area contributed by atoms with Crippen LogP contribution in [0.3, 0.4) is 0 Å². The lowest BCUT2D eigenvalue weighted by molar-refractivity contribution is 0.474. The monoisotopic (exact) mass is 275 g/mol. The number of benzene rings is 1. The number of aromatic hydroxyl groups is 1. The van der Waals surface area contributed by atoms with Crippen LogP contribution in [0.4, 0.5) is 5.82 Å². The third kappa shape index (κ3) is 2.59. The van der Waals surface area contributed by atoms with Crippen molar-refractivity contribution in [2.24, 2.45) is 0 Å². The highest BCUT2D eigenvalue weighted by atomic mass is 16.3. The molecule has 0 aliphatic carbocycles. The predicted octanol–water partition coefficient (Wildman–Crippen LogP) is 1.09. The first kappa shape index (κ1) is 13.9. The number of phenolic OH excluding ortho intramolecular Hbond substituents is 1. The van der Waals surface area contributed by atoms with E-state index in [1.54, 1.807) is 12.1 Å². The number of nitrogens with two attached hydrogens (primary N) is 1. The van der Waals surface area contributed by atoms with E-state index < -0.39 is 11.2 Å². The third-order valence-electron chi connectivity index (χ3n) is 3.05. The second kappa shape index (κ2) is 5.64. The first-order chi connectivity index (χ1) is 9.54. The van der Waals surface area contributed by atoms with Crippen molar-refractivity contribution in [2.45, 2.75) is 26.3 Å². The van der Waals surface area contributed by atoms with Gasteiger partial charge in [0.15, 0.2) is 0 Å². The number of nitrogen functional groups attached to an aromatic ring is 1. The minimum Gasteiger partial charge on any atom is -0.508 e. The summed E-state index contributed by atoms with van der Waals surface area (Å²) in [7, 11) is 0. The van der Waals surface area contributed by atoms with E-state index in [-0.39, 0.29) is 11.6 Å². The number of nitrogens with zero attached hydrogens (tertiary/aromatic N) is 2. The van der Waals surface area contributed by atoms with Crippen LogP contribution in [0, 0.1) is 0 Å². The van der Waals surface area contributed by atoms with Crippen LogP contribution in [0.5, 0.6) is 5.75 Å². The lowest BCUT2D eigenvalue weighted by atomic mass is 10.3. The Kier molecular flexibility index (Phi) is 3.93. The molecule has 2 aromatic rings. The highest BCUT2D eigenvalue weighted by molar-refractivity contribution is 5.39. The first-order valence-electron chi connectivity index (χ1n) is 6.46. The number of rotatable bonds is 4. The van der Waals surface area contributed by atoms with Gasteiger partial charge in [-0.25, -0.2) is 9.36 Å².